The van der Waals surface area contributed by atoms with E-state index in [0.717, 1.165) is 24.1 Å². The van der Waals surface area contributed by atoms with Gasteiger partial charge in [-0.3, -0.25) is 9.36 Å². The third-order valence-corrected chi connectivity index (χ3v) is 5.75. The number of nitrogen functional groups attached to an aromatic ring is 1. The lowest BCUT2D eigenvalue weighted by molar-refractivity contribution is 0.461. The van der Waals surface area contributed by atoms with Crippen LogP contribution in [0.2, 0.25) is 0 Å². The summed E-state index contributed by atoms with van der Waals surface area (Å²) in [4.78, 5) is 22.7. The first-order valence-corrected chi connectivity index (χ1v) is 10.1. The number of nitrogens with two attached hydrogens (primary N) is 1. The highest BCUT2D eigenvalue weighted by atomic mass is 16.1. The molecule has 2 aromatic heterocycles. The minimum Gasteiger partial charge on any atom is -0.397 e. The summed E-state index contributed by atoms with van der Waals surface area (Å²) in [6.07, 6.45) is 13.4. The van der Waals surface area contributed by atoms with Crippen molar-refractivity contribution in [3.8, 4) is 11.1 Å². The third kappa shape index (κ3) is 3.10. The number of allylic oxidation sites excluding steroid dienone is 4. The van der Waals surface area contributed by atoms with Gasteiger partial charge in [-0.05, 0) is 30.6 Å². The summed E-state index contributed by atoms with van der Waals surface area (Å²) < 4.78 is 1.64. The van der Waals surface area contributed by atoms with Gasteiger partial charge in [0.2, 0.25) is 5.95 Å². The molecule has 5 rings (SSSR count). The molecule has 2 heterocycles. The van der Waals surface area contributed by atoms with E-state index in [0.29, 0.717) is 34.3 Å². The molecule has 1 fully saturated rings. The highest BCUT2D eigenvalue weighted by Crippen LogP contribution is 2.31. The summed E-state index contributed by atoms with van der Waals surface area (Å²) in [7, 11) is 0. The minimum absolute atomic E-state index is 0.167. The van der Waals surface area contributed by atoms with Gasteiger partial charge in [0, 0.05) is 12.2 Å². The van der Waals surface area contributed by atoms with Gasteiger partial charge in [-0.1, -0.05) is 55.7 Å². The molecule has 1 aromatic carbocycles. The number of aromatic nitrogens is 3. The number of anilines is 2. The minimum atomic E-state index is -0.167. The van der Waals surface area contributed by atoms with E-state index in [4.69, 9.17) is 10.7 Å². The molecule has 3 N–H and O–H groups in total. The van der Waals surface area contributed by atoms with E-state index < -0.39 is 0 Å². The summed E-state index contributed by atoms with van der Waals surface area (Å²) >= 11 is 0. The van der Waals surface area contributed by atoms with Crippen LogP contribution in [0, 0.1) is 0 Å². The molecule has 0 unspecified atom stereocenters. The summed E-state index contributed by atoms with van der Waals surface area (Å²) in [5.74, 6) is 0.549. The largest absolute Gasteiger partial charge is 0.397 e. The van der Waals surface area contributed by atoms with Gasteiger partial charge in [0.05, 0.1) is 22.3 Å². The van der Waals surface area contributed by atoms with E-state index in [1.54, 1.807) is 10.8 Å². The second kappa shape index (κ2) is 7.20. The third-order valence-electron chi connectivity index (χ3n) is 5.75. The number of hydrogen-bond acceptors (Lipinski definition) is 5. The summed E-state index contributed by atoms with van der Waals surface area (Å²) in [6, 6.07) is 9.90. The Balaban J connectivity index is 1.68. The van der Waals surface area contributed by atoms with Crippen LogP contribution in [0.4, 0.5) is 11.6 Å². The van der Waals surface area contributed by atoms with E-state index in [2.05, 4.69) is 10.3 Å². The second-order valence-corrected chi connectivity index (χ2v) is 7.66. The van der Waals surface area contributed by atoms with E-state index in [1.165, 1.54) is 19.3 Å². The molecule has 0 amide bonds. The smallest absolute Gasteiger partial charge is 0.266 e. The lowest BCUT2D eigenvalue weighted by Crippen LogP contribution is -2.26. The van der Waals surface area contributed by atoms with Crippen LogP contribution in [0.3, 0.4) is 0 Å². The van der Waals surface area contributed by atoms with Crippen molar-refractivity contribution in [3.63, 3.8) is 0 Å². The number of hydrogen-bond donors (Lipinski definition) is 2. The fourth-order valence-corrected chi connectivity index (χ4v) is 4.14. The molecule has 0 saturated heterocycles. The Morgan fingerprint density at radius 3 is 2.55 bits per heavy atom. The van der Waals surface area contributed by atoms with E-state index in [-0.39, 0.29) is 5.56 Å². The fraction of sp³-hybridized carbons (Fsp3) is 0.261. The van der Waals surface area contributed by atoms with Crippen LogP contribution in [0.1, 0.15) is 32.1 Å². The van der Waals surface area contributed by atoms with Gasteiger partial charge >= 0.3 is 0 Å². The van der Waals surface area contributed by atoms with Gasteiger partial charge in [-0.2, -0.15) is 4.98 Å². The number of nitrogens with one attached hydrogen (secondary N) is 1. The zero-order valence-electron chi connectivity index (χ0n) is 16.1. The predicted octanol–water partition coefficient (Wildman–Crippen LogP) is 4.20. The van der Waals surface area contributed by atoms with Crippen LogP contribution in [-0.2, 0) is 0 Å². The fourth-order valence-electron chi connectivity index (χ4n) is 4.14. The topological polar surface area (TPSA) is 85.8 Å². The van der Waals surface area contributed by atoms with Gasteiger partial charge in [0.15, 0.2) is 5.65 Å². The number of nitrogens with zero attached hydrogens (tertiary/aromatic N) is 3. The van der Waals surface area contributed by atoms with E-state index >= 15 is 0 Å². The van der Waals surface area contributed by atoms with Crippen molar-refractivity contribution < 1.29 is 0 Å². The van der Waals surface area contributed by atoms with Crippen LogP contribution in [0.25, 0.3) is 27.9 Å². The lowest BCUT2D eigenvalue weighted by atomic mass is 9.96. The predicted molar refractivity (Wildman–Crippen MR) is 118 cm³/mol. The number of pyridine rings is 1. The first-order chi connectivity index (χ1) is 14.2. The molecule has 29 heavy (non-hydrogen) atoms. The van der Waals surface area contributed by atoms with Crippen molar-refractivity contribution in [1.29, 1.82) is 0 Å². The molecule has 2 aliphatic rings. The highest BCUT2D eigenvalue weighted by Gasteiger charge is 2.21. The van der Waals surface area contributed by atoms with E-state index in [9.17, 15) is 4.79 Å². The molecular formula is C23H23N5O. The molecule has 2 aliphatic carbocycles. The zero-order chi connectivity index (χ0) is 19.8. The molecule has 0 aliphatic heterocycles. The van der Waals surface area contributed by atoms with Crippen LogP contribution < -0.4 is 16.6 Å². The quantitative estimate of drug-likeness (QED) is 0.703. The zero-order valence-corrected chi connectivity index (χ0v) is 16.1. The maximum atomic E-state index is 13.5. The first-order valence-electron chi connectivity index (χ1n) is 10.1. The number of rotatable bonds is 4. The Labute approximate surface area is 168 Å². The molecule has 0 radical (unpaired) electrons. The van der Waals surface area contributed by atoms with Crippen LogP contribution in [0.5, 0.6) is 0 Å². The van der Waals surface area contributed by atoms with Gasteiger partial charge in [0.25, 0.3) is 5.56 Å². The molecule has 6 heteroatoms. The molecular weight excluding hydrogens is 362 g/mol. The second-order valence-electron chi connectivity index (χ2n) is 7.66. The van der Waals surface area contributed by atoms with Gasteiger partial charge in [0.1, 0.15) is 0 Å². The Bertz CT molecular complexity index is 1190. The molecule has 146 valence electrons. The molecule has 1 saturated carbocycles. The first kappa shape index (κ1) is 17.7. The van der Waals surface area contributed by atoms with Gasteiger partial charge in [-0.25, -0.2) is 4.98 Å². The molecule has 0 bridgehead atoms. The Kier molecular flexibility index (Phi) is 4.39. The SMILES string of the molecule is Nc1c(-c2ccccc2)c(=O)n(C2=CC=C2)c2nc(NC3CCCCC3)ncc12. The summed E-state index contributed by atoms with van der Waals surface area (Å²) in [6.45, 7) is 0. The molecule has 0 atom stereocenters. The average molecular weight is 385 g/mol. The molecule has 3 aromatic rings. The number of benzene rings is 1. The van der Waals surface area contributed by atoms with Crippen molar-refractivity contribution in [2.45, 2.75) is 38.1 Å². The van der Waals surface area contributed by atoms with Crippen LogP contribution in [-0.4, -0.2) is 20.6 Å². The Morgan fingerprint density at radius 2 is 1.86 bits per heavy atom. The van der Waals surface area contributed by atoms with E-state index in [1.807, 2.05) is 48.6 Å². The summed E-state index contributed by atoms with van der Waals surface area (Å²) in [5, 5.41) is 4.12. The Morgan fingerprint density at radius 1 is 1.10 bits per heavy atom. The van der Waals surface area contributed by atoms with Crippen LogP contribution in [0.15, 0.2) is 59.6 Å². The average Bonchev–Trinajstić information content (AvgIpc) is 2.71. The van der Waals surface area contributed by atoms with Gasteiger partial charge in [-0.15, -0.1) is 0 Å². The Hall–Kier alpha value is -3.41. The standard InChI is InChI=1S/C23H23N5O/c24-20-18-14-25-23(26-16-10-5-2-6-11-16)27-21(18)28(17-12-7-13-17)22(29)19(20)15-8-3-1-4-9-15/h1,3-4,7-9,12-14,16H,2,5-6,10-11,24H2,(H,25,26,27). The monoisotopic (exact) mass is 385 g/mol. The van der Waals surface area contributed by atoms with Crippen molar-refractivity contribution in [2.75, 3.05) is 11.1 Å². The van der Waals surface area contributed by atoms with Crippen molar-refractivity contribution in [1.82, 2.24) is 14.5 Å². The molecule has 6 nitrogen and oxygen atoms in total. The van der Waals surface area contributed by atoms with Crippen molar-refractivity contribution >= 4 is 28.4 Å². The lowest BCUT2D eigenvalue weighted by Gasteiger charge is -2.23. The van der Waals surface area contributed by atoms with Crippen molar-refractivity contribution in [3.05, 3.63) is 65.1 Å². The normalized spacial score (nSPS) is 16.5. The van der Waals surface area contributed by atoms with Gasteiger partial charge < -0.3 is 11.1 Å². The van der Waals surface area contributed by atoms with Crippen molar-refractivity contribution in [2.24, 2.45) is 0 Å². The maximum absolute atomic E-state index is 13.5. The maximum Gasteiger partial charge on any atom is 0.266 e. The highest BCUT2D eigenvalue weighted by molar-refractivity contribution is 5.98. The number of fused-ring (bicyclic) bond motifs is 1. The van der Waals surface area contributed by atoms with Crippen LogP contribution >= 0.6 is 0 Å². The summed E-state index contributed by atoms with van der Waals surface area (Å²) in [5.41, 5.74) is 9.33. The molecule has 0 spiro atoms.